The molecule has 0 bridgehead atoms. The molecule has 0 aliphatic carbocycles. The highest BCUT2D eigenvalue weighted by molar-refractivity contribution is 6.35. The molecule has 6 nitrogen and oxygen atoms in total. The van der Waals surface area contributed by atoms with Crippen molar-refractivity contribution in [3.05, 3.63) is 0 Å². The number of carbonyl (C=O) groups is 2. The van der Waals surface area contributed by atoms with E-state index >= 15 is 0 Å². The van der Waals surface area contributed by atoms with Crippen LogP contribution in [0, 0.1) is 0 Å². The molecule has 12 heavy (non-hydrogen) atoms. The Kier molecular flexibility index (Phi) is 4.43. The fraction of sp³-hybridized carbons (Fsp3) is 0.500. The van der Waals surface area contributed by atoms with Crippen LogP contribution in [-0.2, 0) is 9.59 Å². The predicted molar refractivity (Wildman–Crippen MR) is 38.3 cm³/mol. The molecule has 3 N–H and O–H groups in total. The van der Waals surface area contributed by atoms with Gasteiger partial charge in [-0.15, -0.1) is 0 Å². The van der Waals surface area contributed by atoms with E-state index in [9.17, 15) is 9.59 Å². The largest absolute Gasteiger partial charge is 0.481 e. The van der Waals surface area contributed by atoms with Crippen molar-refractivity contribution in [2.75, 3.05) is 0 Å². The molecule has 0 spiro atoms. The summed E-state index contributed by atoms with van der Waals surface area (Å²) in [7, 11) is 0. The molecule has 0 aromatic carbocycles. The van der Waals surface area contributed by atoms with Gasteiger partial charge in [-0.25, -0.2) is 4.79 Å². The van der Waals surface area contributed by atoms with Gasteiger partial charge in [-0.3, -0.25) is 4.79 Å². The molecule has 0 aromatic rings. The summed E-state index contributed by atoms with van der Waals surface area (Å²) in [6, 6.07) is 0. The average molecular weight is 175 g/mol. The van der Waals surface area contributed by atoms with Crippen LogP contribution in [0.5, 0.6) is 0 Å². The Hall–Kier alpha value is -1.59. The van der Waals surface area contributed by atoms with Crippen molar-refractivity contribution in [1.29, 1.82) is 0 Å². The summed E-state index contributed by atoms with van der Waals surface area (Å²) in [6.07, 6.45) is -0.0224. The zero-order valence-corrected chi connectivity index (χ0v) is 6.23. The molecule has 68 valence electrons. The summed E-state index contributed by atoms with van der Waals surface area (Å²) < 4.78 is 0. The molecule has 0 heterocycles. The second-order valence-corrected chi connectivity index (χ2v) is 2.10. The van der Waals surface area contributed by atoms with Crippen LogP contribution >= 0.6 is 0 Å². The number of aliphatic carboxylic acids is 2. The minimum absolute atomic E-state index is 0.0435. The van der Waals surface area contributed by atoms with E-state index in [0.29, 0.717) is 0 Å². The van der Waals surface area contributed by atoms with Gasteiger partial charge in [0.05, 0.1) is 0 Å². The molecule has 0 atom stereocenters. The fourth-order valence-corrected chi connectivity index (χ4v) is 0.607. The lowest BCUT2D eigenvalue weighted by Gasteiger charge is -1.95. The van der Waals surface area contributed by atoms with Gasteiger partial charge in [0.2, 0.25) is 0 Å². The third-order valence-electron chi connectivity index (χ3n) is 1.17. The molecule has 6 heteroatoms. The van der Waals surface area contributed by atoms with Gasteiger partial charge in [-0.1, -0.05) is 5.16 Å². The minimum Gasteiger partial charge on any atom is -0.481 e. The van der Waals surface area contributed by atoms with Crippen LogP contribution in [-0.4, -0.2) is 33.1 Å². The molecule has 0 amide bonds. The smallest absolute Gasteiger partial charge is 0.353 e. The van der Waals surface area contributed by atoms with Crippen LogP contribution in [0.25, 0.3) is 0 Å². The van der Waals surface area contributed by atoms with Crippen molar-refractivity contribution < 1.29 is 25.0 Å². The third kappa shape index (κ3) is 4.26. The first-order valence-corrected chi connectivity index (χ1v) is 3.24. The molecule has 0 aliphatic rings. The minimum atomic E-state index is -1.33. The quantitative estimate of drug-likeness (QED) is 0.313. The van der Waals surface area contributed by atoms with Gasteiger partial charge in [0.1, 0.15) is 0 Å². The van der Waals surface area contributed by atoms with E-state index in [-0.39, 0.29) is 19.3 Å². The Morgan fingerprint density at radius 2 is 1.75 bits per heavy atom. The summed E-state index contributed by atoms with van der Waals surface area (Å²) in [6.45, 7) is 0. The number of oxime groups is 1. The molecular weight excluding hydrogens is 166 g/mol. The molecule has 0 aromatic heterocycles. The van der Waals surface area contributed by atoms with Crippen molar-refractivity contribution >= 4 is 17.7 Å². The molecular formula is C6H9NO5. The van der Waals surface area contributed by atoms with Crippen molar-refractivity contribution in [2.24, 2.45) is 5.16 Å². The van der Waals surface area contributed by atoms with Gasteiger partial charge in [0.15, 0.2) is 5.71 Å². The first-order chi connectivity index (χ1) is 5.57. The van der Waals surface area contributed by atoms with E-state index in [2.05, 4.69) is 5.16 Å². The maximum absolute atomic E-state index is 10.2. The standard InChI is InChI=1S/C6H9NO5/c8-5(9)3-1-2-4(7-12)6(10)11/h12H,1-3H2,(H,8,9)(H,10,11)/b7-4-. The molecule has 0 saturated carbocycles. The monoisotopic (exact) mass is 175 g/mol. The van der Waals surface area contributed by atoms with Crippen molar-refractivity contribution in [3.8, 4) is 0 Å². The highest BCUT2D eigenvalue weighted by atomic mass is 16.4. The number of hydrogen-bond donors (Lipinski definition) is 3. The molecule has 0 rings (SSSR count). The topological polar surface area (TPSA) is 107 Å². The van der Waals surface area contributed by atoms with Gasteiger partial charge >= 0.3 is 11.9 Å². The zero-order chi connectivity index (χ0) is 9.56. The summed E-state index contributed by atoms with van der Waals surface area (Å²) in [4.78, 5) is 20.2. The SMILES string of the molecule is O=C(O)CCC/C(=N/O)C(=O)O. The second-order valence-electron chi connectivity index (χ2n) is 2.10. The fourth-order valence-electron chi connectivity index (χ4n) is 0.607. The van der Waals surface area contributed by atoms with E-state index < -0.39 is 17.7 Å². The number of nitrogens with zero attached hydrogens (tertiary/aromatic N) is 1. The van der Waals surface area contributed by atoms with E-state index in [4.69, 9.17) is 15.4 Å². The molecule has 0 aliphatic heterocycles. The summed E-state index contributed by atoms with van der Waals surface area (Å²) in [5, 5.41) is 27.1. The Balaban J connectivity index is 3.76. The first-order valence-electron chi connectivity index (χ1n) is 3.24. The normalized spacial score (nSPS) is 11.2. The van der Waals surface area contributed by atoms with Crippen molar-refractivity contribution in [1.82, 2.24) is 0 Å². The average Bonchev–Trinajstić information content (AvgIpc) is 1.96. The van der Waals surface area contributed by atoms with Gasteiger partial charge in [0.25, 0.3) is 0 Å². The number of carboxylic acid groups (broad SMARTS) is 2. The summed E-state index contributed by atoms with van der Waals surface area (Å²) in [5.74, 6) is -2.33. The highest BCUT2D eigenvalue weighted by Gasteiger charge is 2.10. The third-order valence-corrected chi connectivity index (χ3v) is 1.17. The summed E-state index contributed by atoms with van der Waals surface area (Å²) >= 11 is 0. The van der Waals surface area contributed by atoms with E-state index in [1.807, 2.05) is 0 Å². The predicted octanol–water partition coefficient (Wildman–Crippen LogP) is 0.156. The Morgan fingerprint density at radius 3 is 2.08 bits per heavy atom. The van der Waals surface area contributed by atoms with Crippen LogP contribution in [0.3, 0.4) is 0 Å². The van der Waals surface area contributed by atoms with Crippen molar-refractivity contribution in [3.63, 3.8) is 0 Å². The molecule has 0 saturated heterocycles. The number of carboxylic acids is 2. The van der Waals surface area contributed by atoms with Crippen LogP contribution in [0.1, 0.15) is 19.3 Å². The summed E-state index contributed by atoms with van der Waals surface area (Å²) in [5.41, 5.74) is -0.420. The number of rotatable bonds is 5. The van der Waals surface area contributed by atoms with Gasteiger partial charge in [0, 0.05) is 12.8 Å². The molecule has 0 fully saturated rings. The maximum atomic E-state index is 10.2. The lowest BCUT2D eigenvalue weighted by Crippen LogP contribution is -2.13. The Morgan fingerprint density at radius 1 is 1.17 bits per heavy atom. The van der Waals surface area contributed by atoms with Gasteiger partial charge in [-0.05, 0) is 6.42 Å². The highest BCUT2D eigenvalue weighted by Crippen LogP contribution is 1.97. The van der Waals surface area contributed by atoms with E-state index in [1.54, 1.807) is 0 Å². The van der Waals surface area contributed by atoms with E-state index in [1.165, 1.54) is 0 Å². The first kappa shape index (κ1) is 10.4. The molecule has 0 radical (unpaired) electrons. The maximum Gasteiger partial charge on any atom is 0.353 e. The van der Waals surface area contributed by atoms with Gasteiger partial charge < -0.3 is 15.4 Å². The van der Waals surface area contributed by atoms with E-state index in [0.717, 1.165) is 0 Å². The van der Waals surface area contributed by atoms with Crippen LogP contribution in [0.2, 0.25) is 0 Å². The van der Waals surface area contributed by atoms with Crippen LogP contribution in [0.4, 0.5) is 0 Å². The Labute approximate surface area is 68.1 Å². The lowest BCUT2D eigenvalue weighted by atomic mass is 10.2. The lowest BCUT2D eigenvalue weighted by molar-refractivity contribution is -0.137. The van der Waals surface area contributed by atoms with Crippen molar-refractivity contribution in [2.45, 2.75) is 19.3 Å². The molecule has 0 unspecified atom stereocenters. The zero-order valence-electron chi connectivity index (χ0n) is 6.23. The van der Waals surface area contributed by atoms with Gasteiger partial charge in [-0.2, -0.15) is 0 Å². The number of hydrogen-bond acceptors (Lipinski definition) is 4. The van der Waals surface area contributed by atoms with Crippen LogP contribution in [0.15, 0.2) is 5.16 Å². The second kappa shape index (κ2) is 5.11. The Bertz CT molecular complexity index is 210. The van der Waals surface area contributed by atoms with Crippen LogP contribution < -0.4 is 0 Å².